The summed E-state index contributed by atoms with van der Waals surface area (Å²) >= 11 is 0. The zero-order valence-electron chi connectivity index (χ0n) is 13.6. The van der Waals surface area contributed by atoms with E-state index in [4.69, 9.17) is 10.5 Å². The predicted molar refractivity (Wildman–Crippen MR) is 88.2 cm³/mol. The van der Waals surface area contributed by atoms with Gasteiger partial charge in [-0.15, -0.1) is 0 Å². The fraction of sp³-hybridized carbons (Fsp3) is 0.588. The largest absolute Gasteiger partial charge is 0.378 e. The van der Waals surface area contributed by atoms with Gasteiger partial charge in [-0.25, -0.2) is 0 Å². The number of morpholine rings is 1. The Kier molecular flexibility index (Phi) is 4.10. The summed E-state index contributed by atoms with van der Waals surface area (Å²) in [6.07, 6.45) is 0. The van der Waals surface area contributed by atoms with Crippen LogP contribution in [0.5, 0.6) is 0 Å². The van der Waals surface area contributed by atoms with Gasteiger partial charge in [0.05, 0.1) is 13.2 Å². The number of benzene rings is 1. The smallest absolute Gasteiger partial charge is 0.224 e. The summed E-state index contributed by atoms with van der Waals surface area (Å²) in [6, 6.07) is 6.37. The van der Waals surface area contributed by atoms with Crippen molar-refractivity contribution in [3.63, 3.8) is 0 Å². The number of carbonyl (C=O) groups excluding carboxylic acids is 1. The number of hydrogen-bond donors (Lipinski definition) is 1. The lowest BCUT2D eigenvalue weighted by Gasteiger charge is -2.43. The molecular weight excluding hydrogens is 278 g/mol. The zero-order valence-corrected chi connectivity index (χ0v) is 13.6. The molecule has 1 aromatic rings. The van der Waals surface area contributed by atoms with E-state index in [1.807, 2.05) is 11.0 Å². The summed E-state index contributed by atoms with van der Waals surface area (Å²) in [4.78, 5) is 16.3. The van der Waals surface area contributed by atoms with Gasteiger partial charge < -0.3 is 20.3 Å². The van der Waals surface area contributed by atoms with Gasteiger partial charge in [-0.3, -0.25) is 4.79 Å². The monoisotopic (exact) mass is 303 g/mol. The van der Waals surface area contributed by atoms with Gasteiger partial charge in [0.2, 0.25) is 5.91 Å². The lowest BCUT2D eigenvalue weighted by atomic mass is 9.83. The highest BCUT2D eigenvalue weighted by atomic mass is 16.5. The maximum absolute atomic E-state index is 12.1. The first kappa shape index (κ1) is 15.3. The number of fused-ring (bicyclic) bond motifs is 1. The van der Waals surface area contributed by atoms with Crippen LogP contribution in [0.25, 0.3) is 0 Å². The Morgan fingerprint density at radius 3 is 2.59 bits per heavy atom. The second-order valence-corrected chi connectivity index (χ2v) is 6.36. The molecule has 120 valence electrons. The van der Waals surface area contributed by atoms with E-state index in [1.165, 1.54) is 5.69 Å². The molecule has 1 saturated heterocycles. The van der Waals surface area contributed by atoms with Gasteiger partial charge in [-0.05, 0) is 36.6 Å². The topological polar surface area (TPSA) is 58.8 Å². The van der Waals surface area contributed by atoms with Gasteiger partial charge in [0, 0.05) is 43.5 Å². The van der Waals surface area contributed by atoms with Crippen LogP contribution in [0.1, 0.15) is 32.4 Å². The lowest BCUT2D eigenvalue weighted by Crippen LogP contribution is -2.48. The number of amides is 1. The first-order chi connectivity index (χ1) is 10.5. The van der Waals surface area contributed by atoms with Crippen molar-refractivity contribution in [1.82, 2.24) is 0 Å². The maximum Gasteiger partial charge on any atom is 0.224 e. The van der Waals surface area contributed by atoms with E-state index in [2.05, 4.69) is 30.9 Å². The lowest BCUT2D eigenvalue weighted by molar-refractivity contribution is -0.117. The first-order valence-corrected chi connectivity index (χ1v) is 8.02. The minimum Gasteiger partial charge on any atom is -0.378 e. The van der Waals surface area contributed by atoms with Gasteiger partial charge in [0.15, 0.2) is 0 Å². The van der Waals surface area contributed by atoms with Crippen molar-refractivity contribution < 1.29 is 9.53 Å². The summed E-state index contributed by atoms with van der Waals surface area (Å²) in [5, 5.41) is 0. The molecule has 0 aromatic heterocycles. The quantitative estimate of drug-likeness (QED) is 0.861. The van der Waals surface area contributed by atoms with Gasteiger partial charge in [0.25, 0.3) is 0 Å². The number of ether oxygens (including phenoxy) is 1. The van der Waals surface area contributed by atoms with Crippen LogP contribution in [0.15, 0.2) is 18.2 Å². The molecule has 0 radical (unpaired) electrons. The van der Waals surface area contributed by atoms with Crippen molar-refractivity contribution >= 4 is 17.3 Å². The van der Waals surface area contributed by atoms with Crippen LogP contribution in [-0.2, 0) is 9.53 Å². The summed E-state index contributed by atoms with van der Waals surface area (Å²) in [6.45, 7) is 9.14. The molecule has 0 saturated carbocycles. The number of anilines is 2. The molecule has 1 amide bonds. The molecular formula is C17H25N3O2. The Morgan fingerprint density at radius 1 is 1.27 bits per heavy atom. The third-order valence-electron chi connectivity index (χ3n) is 5.08. The minimum atomic E-state index is -0.0402. The molecule has 1 fully saturated rings. The molecule has 0 spiro atoms. The Labute approximate surface area is 132 Å². The fourth-order valence-electron chi connectivity index (χ4n) is 3.54. The van der Waals surface area contributed by atoms with Crippen LogP contribution in [0, 0.1) is 5.92 Å². The predicted octanol–water partition coefficient (Wildman–Crippen LogP) is 1.91. The Hall–Kier alpha value is -1.59. The van der Waals surface area contributed by atoms with Crippen molar-refractivity contribution in [2.24, 2.45) is 11.7 Å². The molecule has 0 bridgehead atoms. The van der Waals surface area contributed by atoms with E-state index in [1.54, 1.807) is 6.92 Å². The third kappa shape index (κ3) is 2.48. The fourth-order valence-corrected chi connectivity index (χ4v) is 3.54. The van der Waals surface area contributed by atoms with Crippen LogP contribution in [0.2, 0.25) is 0 Å². The summed E-state index contributed by atoms with van der Waals surface area (Å²) in [5.41, 5.74) is 9.66. The molecule has 3 unspecified atom stereocenters. The second-order valence-electron chi connectivity index (χ2n) is 6.36. The minimum absolute atomic E-state index is 0.0402. The molecule has 22 heavy (non-hydrogen) atoms. The van der Waals surface area contributed by atoms with E-state index in [9.17, 15) is 4.79 Å². The zero-order chi connectivity index (χ0) is 15.9. The number of nitrogens with two attached hydrogens (primary N) is 1. The molecule has 3 atom stereocenters. The first-order valence-electron chi connectivity index (χ1n) is 8.02. The highest BCUT2D eigenvalue weighted by Gasteiger charge is 2.36. The number of rotatable bonds is 1. The Bertz CT molecular complexity index is 569. The Balaban J connectivity index is 2.01. The third-order valence-corrected chi connectivity index (χ3v) is 5.08. The summed E-state index contributed by atoms with van der Waals surface area (Å²) < 4.78 is 5.42. The highest BCUT2D eigenvalue weighted by Crippen LogP contribution is 2.41. The van der Waals surface area contributed by atoms with Gasteiger partial charge in [-0.1, -0.05) is 6.92 Å². The van der Waals surface area contributed by atoms with Crippen molar-refractivity contribution in [2.45, 2.75) is 32.9 Å². The maximum atomic E-state index is 12.1. The average molecular weight is 303 g/mol. The van der Waals surface area contributed by atoms with Crippen molar-refractivity contribution in [2.75, 3.05) is 36.1 Å². The van der Waals surface area contributed by atoms with Crippen molar-refractivity contribution in [1.29, 1.82) is 0 Å². The van der Waals surface area contributed by atoms with E-state index in [-0.39, 0.29) is 23.9 Å². The Morgan fingerprint density at radius 2 is 1.95 bits per heavy atom. The molecule has 2 heterocycles. The van der Waals surface area contributed by atoms with Gasteiger partial charge >= 0.3 is 0 Å². The SMILES string of the molecule is CC(=O)N1c2ccc(N3CCOCC3)cc2C(N)C(C)C1C. The normalized spacial score (nSPS) is 28.5. The molecule has 2 N–H and O–H groups in total. The van der Waals surface area contributed by atoms with Crippen LogP contribution < -0.4 is 15.5 Å². The second kappa shape index (κ2) is 5.89. The highest BCUT2D eigenvalue weighted by molar-refractivity contribution is 5.94. The summed E-state index contributed by atoms with van der Waals surface area (Å²) in [7, 11) is 0. The van der Waals surface area contributed by atoms with Crippen LogP contribution in [0.3, 0.4) is 0 Å². The van der Waals surface area contributed by atoms with Crippen LogP contribution in [-0.4, -0.2) is 38.3 Å². The van der Waals surface area contributed by atoms with E-state index < -0.39 is 0 Å². The van der Waals surface area contributed by atoms with E-state index in [0.29, 0.717) is 0 Å². The molecule has 2 aliphatic rings. The van der Waals surface area contributed by atoms with E-state index in [0.717, 1.165) is 37.6 Å². The van der Waals surface area contributed by atoms with Crippen LogP contribution in [0.4, 0.5) is 11.4 Å². The van der Waals surface area contributed by atoms with E-state index >= 15 is 0 Å². The van der Waals surface area contributed by atoms with Gasteiger partial charge in [0.1, 0.15) is 0 Å². The van der Waals surface area contributed by atoms with Crippen molar-refractivity contribution in [3.05, 3.63) is 23.8 Å². The van der Waals surface area contributed by atoms with Gasteiger partial charge in [-0.2, -0.15) is 0 Å². The molecule has 1 aromatic carbocycles. The number of hydrogen-bond acceptors (Lipinski definition) is 4. The standard InChI is InChI=1S/C17H25N3O2/c1-11-12(2)20(13(3)21)16-5-4-14(10-15(16)17(11)18)19-6-8-22-9-7-19/h4-5,10-12,17H,6-9,18H2,1-3H3. The van der Waals surface area contributed by atoms with Crippen LogP contribution >= 0.6 is 0 Å². The molecule has 3 rings (SSSR count). The molecule has 2 aliphatic heterocycles. The summed E-state index contributed by atoms with van der Waals surface area (Å²) in [5.74, 6) is 0.308. The molecule has 0 aliphatic carbocycles. The molecule has 5 heteroatoms. The number of carbonyl (C=O) groups is 1. The number of nitrogens with zero attached hydrogens (tertiary/aromatic N) is 2. The average Bonchev–Trinajstić information content (AvgIpc) is 2.53. The molecule has 5 nitrogen and oxygen atoms in total. The van der Waals surface area contributed by atoms with Crippen molar-refractivity contribution in [3.8, 4) is 0 Å².